The number of alkyl halides is 3. The molecule has 2 aromatic rings. The Balaban J connectivity index is 1.49. The molecule has 1 aliphatic heterocycles. The van der Waals surface area contributed by atoms with E-state index in [9.17, 15) is 27.6 Å². The summed E-state index contributed by atoms with van der Waals surface area (Å²) in [5.41, 5.74) is -1.06. The number of imide groups is 1. The normalized spacial score (nSPS) is 22.2. The van der Waals surface area contributed by atoms with E-state index in [2.05, 4.69) is 15.4 Å². The van der Waals surface area contributed by atoms with Gasteiger partial charge in [-0.05, 0) is 43.4 Å². The van der Waals surface area contributed by atoms with Crippen LogP contribution in [-0.4, -0.2) is 34.3 Å². The van der Waals surface area contributed by atoms with Gasteiger partial charge in [-0.15, -0.1) is 13.2 Å². The lowest BCUT2D eigenvalue weighted by atomic mass is 9.88. The molecule has 0 unspecified atom stereocenters. The lowest BCUT2D eigenvalue weighted by Gasteiger charge is -2.25. The van der Waals surface area contributed by atoms with Crippen molar-refractivity contribution < 1.29 is 32.3 Å². The van der Waals surface area contributed by atoms with Crippen LogP contribution in [0.4, 0.5) is 18.0 Å². The first-order valence-electron chi connectivity index (χ1n) is 8.71. The minimum Gasteiger partial charge on any atom is -0.406 e. The van der Waals surface area contributed by atoms with Crippen molar-refractivity contribution in [2.45, 2.75) is 37.6 Å². The van der Waals surface area contributed by atoms with E-state index in [1.54, 1.807) is 0 Å². The molecule has 4 rings (SSSR count). The minimum atomic E-state index is -4.80. The molecule has 3 amide bonds. The van der Waals surface area contributed by atoms with Gasteiger partial charge in [0.15, 0.2) is 0 Å². The zero-order valence-corrected chi connectivity index (χ0v) is 14.5. The Hall–Kier alpha value is -3.04. The molecule has 1 aromatic carbocycles. The Bertz CT molecular complexity index is 980. The van der Waals surface area contributed by atoms with Crippen LogP contribution < -0.4 is 15.4 Å². The third kappa shape index (κ3) is 3.41. The van der Waals surface area contributed by atoms with E-state index in [0.29, 0.717) is 10.8 Å². The van der Waals surface area contributed by atoms with Gasteiger partial charge in [-0.1, -0.05) is 0 Å². The monoisotopic (exact) mass is 395 g/mol. The summed E-state index contributed by atoms with van der Waals surface area (Å²) in [6.07, 6.45) is -0.115. The number of ether oxygens (including phenoxy) is 1. The first kappa shape index (κ1) is 18.3. The maximum atomic E-state index is 12.6. The van der Waals surface area contributed by atoms with E-state index in [0.717, 1.165) is 12.8 Å². The summed E-state index contributed by atoms with van der Waals surface area (Å²) in [6, 6.07) is 3.23. The van der Waals surface area contributed by atoms with E-state index >= 15 is 0 Å². The summed E-state index contributed by atoms with van der Waals surface area (Å²) in [5.74, 6) is -1.11. The number of hydrogen-bond donors (Lipinski definition) is 2. The van der Waals surface area contributed by atoms with Crippen LogP contribution in [0.25, 0.3) is 10.8 Å². The van der Waals surface area contributed by atoms with Gasteiger partial charge in [0.2, 0.25) is 5.91 Å². The molecule has 28 heavy (non-hydrogen) atoms. The quantitative estimate of drug-likeness (QED) is 0.762. The lowest BCUT2D eigenvalue weighted by Crippen LogP contribution is -2.49. The molecule has 1 aliphatic carbocycles. The van der Waals surface area contributed by atoms with Crippen LogP contribution in [0.2, 0.25) is 0 Å². The van der Waals surface area contributed by atoms with Gasteiger partial charge in [-0.25, -0.2) is 4.79 Å². The van der Waals surface area contributed by atoms with Gasteiger partial charge in [0.25, 0.3) is 5.91 Å². The highest BCUT2D eigenvalue weighted by molar-refractivity contribution is 6.07. The third-order valence-corrected chi connectivity index (χ3v) is 5.11. The maximum absolute atomic E-state index is 12.6. The second-order valence-electron chi connectivity index (χ2n) is 7.05. The largest absolute Gasteiger partial charge is 0.573 e. The van der Waals surface area contributed by atoms with Crippen LogP contribution in [0, 0.1) is 5.92 Å². The molecular weight excluding hydrogens is 379 g/mol. The Kier molecular flexibility index (Phi) is 4.09. The molecule has 7 nitrogen and oxygen atoms in total. The zero-order valence-electron chi connectivity index (χ0n) is 14.5. The summed E-state index contributed by atoms with van der Waals surface area (Å²) in [5, 5.41) is 5.87. The number of rotatable bonds is 5. The van der Waals surface area contributed by atoms with Crippen LogP contribution in [0.15, 0.2) is 30.6 Å². The number of amides is 3. The summed E-state index contributed by atoms with van der Waals surface area (Å²) >= 11 is 0. The first-order chi connectivity index (χ1) is 13.2. The Morgan fingerprint density at radius 2 is 1.93 bits per heavy atom. The second kappa shape index (κ2) is 6.25. The topological polar surface area (TPSA) is 89.4 Å². The number of hydrogen-bond acceptors (Lipinski definition) is 4. The summed E-state index contributed by atoms with van der Waals surface area (Å²) in [6.45, 7) is 0. The first-order valence-corrected chi connectivity index (χ1v) is 8.71. The van der Waals surface area contributed by atoms with Crippen molar-refractivity contribution in [1.29, 1.82) is 0 Å². The molecule has 1 aromatic heterocycles. The van der Waals surface area contributed by atoms with Gasteiger partial charge in [-0.3, -0.25) is 19.5 Å². The van der Waals surface area contributed by atoms with Crippen molar-refractivity contribution in [3.8, 4) is 5.75 Å². The smallest absolute Gasteiger partial charge is 0.406 e. The third-order valence-electron chi connectivity index (χ3n) is 5.11. The molecular formula is C18H16F3N3O4. The molecule has 2 heterocycles. The van der Waals surface area contributed by atoms with Gasteiger partial charge < -0.3 is 10.1 Å². The van der Waals surface area contributed by atoms with Crippen LogP contribution in [0.5, 0.6) is 5.75 Å². The average molecular weight is 395 g/mol. The molecule has 0 bridgehead atoms. The molecule has 2 N–H and O–H groups in total. The van der Waals surface area contributed by atoms with E-state index in [4.69, 9.17) is 0 Å². The number of nitrogens with zero attached hydrogens (tertiary/aromatic N) is 1. The lowest BCUT2D eigenvalue weighted by molar-refractivity contribution is -0.274. The van der Waals surface area contributed by atoms with Crippen molar-refractivity contribution >= 4 is 28.6 Å². The molecule has 2 fully saturated rings. The van der Waals surface area contributed by atoms with Gasteiger partial charge in [0.05, 0.1) is 0 Å². The van der Waals surface area contributed by atoms with Gasteiger partial charge in [0, 0.05) is 29.6 Å². The molecule has 1 atom stereocenters. The van der Waals surface area contributed by atoms with Crippen molar-refractivity contribution in [2.75, 3.05) is 0 Å². The number of nitrogens with one attached hydrogen (secondary N) is 2. The van der Waals surface area contributed by atoms with Gasteiger partial charge >= 0.3 is 12.4 Å². The van der Waals surface area contributed by atoms with Crippen LogP contribution >= 0.6 is 0 Å². The Morgan fingerprint density at radius 3 is 2.54 bits per heavy atom. The van der Waals surface area contributed by atoms with Crippen molar-refractivity contribution in [1.82, 2.24) is 15.2 Å². The fraction of sp³-hybridized carbons (Fsp3) is 0.389. The standard InChI is InChI=1S/C18H16F3N3O4/c19-18(20,21)28-13-4-1-10-8-24(9-11(10)7-13)14(25)5-6-17(12-2-3-12)15(26)22-16(27)23-17/h1,4,7-9,12H,2-3,5-6H2,(H2,22,23,26,27)/t17-/m0/s1. The van der Waals surface area contributed by atoms with Gasteiger partial charge in [-0.2, -0.15) is 0 Å². The SMILES string of the molecule is O=C1NC(=O)[C@](CCC(=O)n2cc3ccc(OC(F)(F)F)cc3c2)(C2CC2)N1. The van der Waals surface area contributed by atoms with Crippen molar-refractivity contribution in [2.24, 2.45) is 5.92 Å². The highest BCUT2D eigenvalue weighted by Crippen LogP contribution is 2.43. The van der Waals surface area contributed by atoms with E-state index in [1.165, 1.54) is 35.2 Å². The fourth-order valence-corrected chi connectivity index (χ4v) is 3.64. The van der Waals surface area contributed by atoms with E-state index in [-0.39, 0.29) is 30.4 Å². The number of carbonyl (C=O) groups excluding carboxylic acids is 3. The predicted octanol–water partition coefficient (Wildman–Crippen LogP) is 2.95. The predicted molar refractivity (Wildman–Crippen MR) is 90.6 cm³/mol. The number of urea groups is 1. The van der Waals surface area contributed by atoms with Crippen molar-refractivity contribution in [3.63, 3.8) is 0 Å². The van der Waals surface area contributed by atoms with E-state index < -0.39 is 23.8 Å². The Labute approximate surface area is 156 Å². The number of fused-ring (bicyclic) bond motifs is 1. The Morgan fingerprint density at radius 1 is 1.21 bits per heavy atom. The minimum absolute atomic E-state index is 0.00288. The fourth-order valence-electron chi connectivity index (χ4n) is 3.64. The molecule has 0 radical (unpaired) electrons. The molecule has 1 saturated heterocycles. The molecule has 10 heteroatoms. The molecule has 2 aliphatic rings. The average Bonchev–Trinajstić information content (AvgIpc) is 3.29. The number of halogens is 3. The number of carbonyl (C=O) groups is 3. The van der Waals surface area contributed by atoms with Crippen LogP contribution in [-0.2, 0) is 4.79 Å². The summed E-state index contributed by atoms with van der Waals surface area (Å²) < 4.78 is 42.2. The zero-order chi connectivity index (χ0) is 20.1. The summed E-state index contributed by atoms with van der Waals surface area (Å²) in [7, 11) is 0. The number of benzene rings is 1. The van der Waals surface area contributed by atoms with Crippen molar-refractivity contribution in [3.05, 3.63) is 30.6 Å². The summed E-state index contributed by atoms with van der Waals surface area (Å²) in [4.78, 5) is 36.3. The van der Waals surface area contributed by atoms with Gasteiger partial charge in [0.1, 0.15) is 11.3 Å². The van der Waals surface area contributed by atoms with Crippen LogP contribution in [0.3, 0.4) is 0 Å². The molecule has 0 spiro atoms. The molecule has 1 saturated carbocycles. The molecule has 148 valence electrons. The highest BCUT2D eigenvalue weighted by atomic mass is 19.4. The highest BCUT2D eigenvalue weighted by Gasteiger charge is 2.55. The maximum Gasteiger partial charge on any atom is 0.573 e. The van der Waals surface area contributed by atoms with E-state index in [1.807, 2.05) is 0 Å². The second-order valence-corrected chi connectivity index (χ2v) is 7.05. The van der Waals surface area contributed by atoms with Crippen LogP contribution in [0.1, 0.15) is 30.5 Å². The number of aromatic nitrogens is 1.